The van der Waals surface area contributed by atoms with Gasteiger partial charge in [0, 0.05) is 26.7 Å². The number of amides is 1. The van der Waals surface area contributed by atoms with E-state index < -0.39 is 20.9 Å². The lowest BCUT2D eigenvalue weighted by molar-refractivity contribution is -0.0980. The Morgan fingerprint density at radius 1 is 1.48 bits per heavy atom. The van der Waals surface area contributed by atoms with E-state index in [1.165, 1.54) is 15.6 Å². The fraction of sp³-hybridized carbons (Fsp3) is 0.688. The van der Waals surface area contributed by atoms with Crippen molar-refractivity contribution in [3.63, 3.8) is 0 Å². The number of nitrogens with zero attached hydrogens (tertiary/aromatic N) is 2. The summed E-state index contributed by atoms with van der Waals surface area (Å²) < 4.78 is 38.3. The lowest BCUT2D eigenvalue weighted by Gasteiger charge is -2.39. The van der Waals surface area contributed by atoms with Gasteiger partial charge in [0.25, 0.3) is 5.91 Å². The summed E-state index contributed by atoms with van der Waals surface area (Å²) in [5, 5.41) is 1.39. The van der Waals surface area contributed by atoms with Gasteiger partial charge in [0.1, 0.15) is 10.9 Å². The van der Waals surface area contributed by atoms with Crippen LogP contribution in [0.5, 0.6) is 0 Å². The molecule has 4 heterocycles. The van der Waals surface area contributed by atoms with Crippen molar-refractivity contribution in [1.82, 2.24) is 9.21 Å². The number of sulfonamides is 1. The van der Waals surface area contributed by atoms with Crippen molar-refractivity contribution in [1.29, 1.82) is 0 Å². The Morgan fingerprint density at radius 2 is 2.28 bits per heavy atom. The quantitative estimate of drug-likeness (QED) is 0.761. The fourth-order valence-corrected chi connectivity index (χ4v) is 7.36. The highest BCUT2D eigenvalue weighted by Gasteiger charge is 2.65. The molecule has 3 aliphatic rings. The third-order valence-corrected chi connectivity index (χ3v) is 8.69. The van der Waals surface area contributed by atoms with Crippen molar-refractivity contribution < 1.29 is 22.7 Å². The van der Waals surface area contributed by atoms with Crippen molar-refractivity contribution in [2.45, 2.75) is 30.3 Å². The SMILES string of the molecule is COCCN1CC23CN(C(=O)c4cc(C)cs4)C[C@@H](C[C@@H]2S1(=O)=O)O3. The van der Waals surface area contributed by atoms with Gasteiger partial charge in [-0.3, -0.25) is 4.79 Å². The molecule has 3 aliphatic heterocycles. The van der Waals surface area contributed by atoms with Gasteiger partial charge < -0.3 is 14.4 Å². The first kappa shape index (κ1) is 17.4. The molecule has 0 radical (unpaired) electrons. The molecule has 0 N–H and O–H groups in total. The van der Waals surface area contributed by atoms with E-state index in [0.717, 1.165) is 5.56 Å². The molecule has 7 nitrogen and oxygen atoms in total. The molecule has 1 aromatic heterocycles. The second-order valence-corrected chi connectivity index (χ2v) is 10.1. The second kappa shape index (κ2) is 6.02. The van der Waals surface area contributed by atoms with Gasteiger partial charge in [-0.2, -0.15) is 4.31 Å². The minimum absolute atomic E-state index is 0.0286. The number of hydrogen-bond donors (Lipinski definition) is 0. The van der Waals surface area contributed by atoms with Crippen LogP contribution < -0.4 is 0 Å². The third kappa shape index (κ3) is 2.73. The Hall–Kier alpha value is -1.00. The summed E-state index contributed by atoms with van der Waals surface area (Å²) in [6.45, 7) is 3.72. The van der Waals surface area contributed by atoms with Crippen molar-refractivity contribution in [2.24, 2.45) is 0 Å². The van der Waals surface area contributed by atoms with E-state index in [9.17, 15) is 13.2 Å². The first-order chi connectivity index (χ1) is 11.9. The van der Waals surface area contributed by atoms with Gasteiger partial charge in [-0.05, 0) is 30.4 Å². The summed E-state index contributed by atoms with van der Waals surface area (Å²) in [5.41, 5.74) is 0.257. The van der Waals surface area contributed by atoms with Crippen molar-refractivity contribution in [2.75, 3.05) is 39.9 Å². The molecule has 1 unspecified atom stereocenters. The number of methoxy groups -OCH3 is 1. The smallest absolute Gasteiger partial charge is 0.264 e. The average Bonchev–Trinajstić information content (AvgIpc) is 3.16. The van der Waals surface area contributed by atoms with Crippen LogP contribution in [0.3, 0.4) is 0 Å². The summed E-state index contributed by atoms with van der Waals surface area (Å²) in [6.07, 6.45) is 0.252. The highest BCUT2D eigenvalue weighted by Crippen LogP contribution is 2.46. The molecular formula is C16H22N2O5S2. The molecule has 0 aliphatic carbocycles. The van der Waals surface area contributed by atoms with Gasteiger partial charge in [0.15, 0.2) is 0 Å². The van der Waals surface area contributed by atoms with E-state index >= 15 is 0 Å². The normalized spacial score (nSPS) is 33.6. The van der Waals surface area contributed by atoms with Crippen molar-refractivity contribution in [3.05, 3.63) is 21.9 Å². The Balaban J connectivity index is 1.58. The third-order valence-electron chi connectivity index (χ3n) is 5.28. The summed E-state index contributed by atoms with van der Waals surface area (Å²) >= 11 is 1.43. The summed E-state index contributed by atoms with van der Waals surface area (Å²) in [6, 6.07) is 1.88. The minimum Gasteiger partial charge on any atom is -0.383 e. The number of carbonyl (C=O) groups is 1. The molecule has 4 rings (SSSR count). The summed E-state index contributed by atoms with van der Waals surface area (Å²) in [7, 11) is -1.86. The maximum absolute atomic E-state index is 12.9. The number of rotatable bonds is 4. The topological polar surface area (TPSA) is 76.2 Å². The van der Waals surface area contributed by atoms with Gasteiger partial charge in [-0.15, -0.1) is 11.3 Å². The number of ether oxygens (including phenoxy) is 2. The van der Waals surface area contributed by atoms with Gasteiger partial charge >= 0.3 is 0 Å². The van der Waals surface area contributed by atoms with Crippen LogP contribution in [0.25, 0.3) is 0 Å². The maximum Gasteiger partial charge on any atom is 0.264 e. The highest BCUT2D eigenvalue weighted by atomic mass is 32.2. The Morgan fingerprint density at radius 3 is 2.96 bits per heavy atom. The van der Waals surface area contributed by atoms with E-state index in [0.29, 0.717) is 44.1 Å². The molecule has 2 bridgehead atoms. The van der Waals surface area contributed by atoms with Crippen molar-refractivity contribution >= 4 is 27.3 Å². The van der Waals surface area contributed by atoms with Crippen LogP contribution in [-0.4, -0.2) is 80.4 Å². The monoisotopic (exact) mass is 386 g/mol. The van der Waals surface area contributed by atoms with Crippen molar-refractivity contribution in [3.8, 4) is 0 Å². The van der Waals surface area contributed by atoms with E-state index in [1.807, 2.05) is 18.4 Å². The molecule has 9 heteroatoms. The van der Waals surface area contributed by atoms with E-state index in [2.05, 4.69) is 0 Å². The number of fused-ring (bicyclic) bond motifs is 1. The molecule has 3 saturated heterocycles. The second-order valence-electron chi connectivity index (χ2n) is 7.07. The molecule has 138 valence electrons. The zero-order valence-electron chi connectivity index (χ0n) is 14.3. The molecule has 1 spiro atoms. The Labute approximate surface area is 151 Å². The molecule has 25 heavy (non-hydrogen) atoms. The molecule has 1 amide bonds. The highest BCUT2D eigenvalue weighted by molar-refractivity contribution is 7.90. The predicted octanol–water partition coefficient (Wildman–Crippen LogP) is 0.700. The lowest BCUT2D eigenvalue weighted by Crippen LogP contribution is -2.56. The van der Waals surface area contributed by atoms with Crippen LogP contribution in [0.1, 0.15) is 21.7 Å². The number of likely N-dealkylation sites (tertiary alicyclic amines) is 1. The molecule has 1 aromatic rings. The Bertz CT molecular complexity index is 792. The van der Waals surface area contributed by atoms with Gasteiger partial charge in [-0.1, -0.05) is 0 Å². The first-order valence-corrected chi connectivity index (χ1v) is 10.7. The number of thiophene rings is 1. The summed E-state index contributed by atoms with van der Waals surface area (Å²) in [4.78, 5) is 15.3. The van der Waals surface area contributed by atoms with Gasteiger partial charge in [0.05, 0.1) is 24.1 Å². The van der Waals surface area contributed by atoms with Crippen LogP contribution in [0.4, 0.5) is 0 Å². The van der Waals surface area contributed by atoms with Crippen LogP contribution in [0.2, 0.25) is 0 Å². The standard InChI is InChI=1S/C16H22N2O5S2/c1-11-5-13(24-8-11)15(19)17-7-12-6-14-16(9-17,23-12)10-18(3-4-22-2)25(14,20)21/h5,8,12,14H,3-4,6-7,9-10H2,1-2H3/t12-,14+,16?/m1/s1. The first-order valence-electron chi connectivity index (χ1n) is 8.36. The average molecular weight is 386 g/mol. The molecule has 3 fully saturated rings. The molecule has 0 saturated carbocycles. The van der Waals surface area contributed by atoms with Gasteiger partial charge in [-0.25, -0.2) is 8.42 Å². The molecule has 0 aromatic carbocycles. The minimum atomic E-state index is -3.42. The van der Waals surface area contributed by atoms with Gasteiger partial charge in [0.2, 0.25) is 10.0 Å². The molecule has 3 atom stereocenters. The Kier molecular flexibility index (Phi) is 4.19. The largest absolute Gasteiger partial charge is 0.383 e. The number of hydrogen-bond acceptors (Lipinski definition) is 6. The van der Waals surface area contributed by atoms with E-state index in [-0.39, 0.29) is 12.0 Å². The van der Waals surface area contributed by atoms with E-state index in [4.69, 9.17) is 9.47 Å². The van der Waals surface area contributed by atoms with Crippen LogP contribution in [0.15, 0.2) is 11.4 Å². The zero-order chi connectivity index (χ0) is 17.8. The van der Waals surface area contributed by atoms with Crippen LogP contribution >= 0.6 is 11.3 Å². The summed E-state index contributed by atoms with van der Waals surface area (Å²) in [5.74, 6) is -0.0286. The molecular weight excluding hydrogens is 364 g/mol. The van der Waals surface area contributed by atoms with E-state index in [1.54, 1.807) is 12.0 Å². The number of morpholine rings is 1. The lowest BCUT2D eigenvalue weighted by atomic mass is 9.99. The zero-order valence-corrected chi connectivity index (χ0v) is 15.9. The fourth-order valence-electron chi connectivity index (χ4n) is 4.20. The van der Waals surface area contributed by atoms with Crippen LogP contribution in [0, 0.1) is 6.92 Å². The number of aryl methyl sites for hydroxylation is 1. The number of carbonyl (C=O) groups excluding carboxylic acids is 1. The van der Waals surface area contributed by atoms with Crippen LogP contribution in [-0.2, 0) is 19.5 Å². The predicted molar refractivity (Wildman–Crippen MR) is 93.3 cm³/mol. The maximum atomic E-state index is 12.9.